The van der Waals surface area contributed by atoms with Gasteiger partial charge in [-0.3, -0.25) is 14.3 Å². The maximum atomic E-state index is 14.2. The minimum Gasteiger partial charge on any atom is -0.496 e. The Morgan fingerprint density at radius 2 is 2.13 bits per heavy atom. The standard InChI is InChI=1S/C21H20ClFN4O3/c1-26-20(28)10-17(14-5-6-24-11-16(14)23)25-21(26)27-7-8-30-19(12-27)15-4-3-13(22)9-18(15)29-2/h3-6,9-11,19H,7-8,12H2,1-2H3/t19-/m1/s1. The summed E-state index contributed by atoms with van der Waals surface area (Å²) in [6.07, 6.45) is 2.27. The number of ether oxygens (including phenoxy) is 2. The van der Waals surface area contributed by atoms with E-state index in [0.717, 1.165) is 11.8 Å². The minimum atomic E-state index is -0.532. The van der Waals surface area contributed by atoms with Gasteiger partial charge < -0.3 is 14.4 Å². The third-order valence-electron chi connectivity index (χ3n) is 5.05. The second kappa shape index (κ2) is 8.41. The first kappa shape index (κ1) is 20.3. The molecule has 0 spiro atoms. The van der Waals surface area contributed by atoms with Crippen molar-refractivity contribution in [3.8, 4) is 17.0 Å². The molecule has 0 N–H and O–H groups in total. The normalized spacial score (nSPS) is 16.5. The molecule has 30 heavy (non-hydrogen) atoms. The van der Waals surface area contributed by atoms with E-state index in [1.165, 1.54) is 22.9 Å². The van der Waals surface area contributed by atoms with Crippen LogP contribution in [0.5, 0.6) is 5.75 Å². The van der Waals surface area contributed by atoms with Crippen LogP contribution in [0.1, 0.15) is 11.7 Å². The Morgan fingerprint density at radius 1 is 1.30 bits per heavy atom. The number of halogens is 2. The summed E-state index contributed by atoms with van der Waals surface area (Å²) in [6, 6.07) is 8.21. The van der Waals surface area contributed by atoms with Crippen LogP contribution in [0.25, 0.3) is 11.3 Å². The Morgan fingerprint density at radius 3 is 2.90 bits per heavy atom. The Labute approximate surface area is 177 Å². The van der Waals surface area contributed by atoms with Crippen LogP contribution in [0.2, 0.25) is 5.02 Å². The van der Waals surface area contributed by atoms with Crippen molar-refractivity contribution in [3.63, 3.8) is 0 Å². The average molecular weight is 431 g/mol. The molecule has 1 fully saturated rings. The van der Waals surface area contributed by atoms with Gasteiger partial charge in [-0.05, 0) is 18.2 Å². The van der Waals surface area contributed by atoms with Gasteiger partial charge in [0, 0.05) is 42.0 Å². The van der Waals surface area contributed by atoms with Crippen LogP contribution in [-0.2, 0) is 11.8 Å². The van der Waals surface area contributed by atoms with Crippen molar-refractivity contribution in [2.24, 2.45) is 7.05 Å². The van der Waals surface area contributed by atoms with E-state index in [9.17, 15) is 9.18 Å². The Bertz CT molecular complexity index is 1140. The first-order valence-electron chi connectivity index (χ1n) is 9.36. The molecular weight excluding hydrogens is 411 g/mol. The molecule has 3 heterocycles. The zero-order valence-corrected chi connectivity index (χ0v) is 17.3. The van der Waals surface area contributed by atoms with Gasteiger partial charge in [0.15, 0.2) is 5.82 Å². The van der Waals surface area contributed by atoms with E-state index in [-0.39, 0.29) is 22.9 Å². The van der Waals surface area contributed by atoms with Crippen LogP contribution in [-0.4, -0.2) is 41.3 Å². The van der Waals surface area contributed by atoms with Gasteiger partial charge in [-0.1, -0.05) is 17.7 Å². The maximum absolute atomic E-state index is 14.2. The summed E-state index contributed by atoms with van der Waals surface area (Å²) < 4.78 is 27.1. The van der Waals surface area contributed by atoms with Crippen LogP contribution in [0.4, 0.5) is 10.3 Å². The molecule has 7 nitrogen and oxygen atoms in total. The van der Waals surface area contributed by atoms with E-state index in [1.54, 1.807) is 26.3 Å². The van der Waals surface area contributed by atoms with Crippen LogP contribution in [0.15, 0.2) is 47.5 Å². The highest BCUT2D eigenvalue weighted by Crippen LogP contribution is 2.33. The molecule has 3 aromatic rings. The van der Waals surface area contributed by atoms with Gasteiger partial charge in [-0.25, -0.2) is 9.37 Å². The second-order valence-corrected chi connectivity index (χ2v) is 7.32. The van der Waals surface area contributed by atoms with E-state index >= 15 is 0 Å². The van der Waals surface area contributed by atoms with Crippen molar-refractivity contribution in [2.45, 2.75) is 6.10 Å². The molecule has 0 amide bonds. The largest absolute Gasteiger partial charge is 0.496 e. The monoisotopic (exact) mass is 430 g/mol. The van der Waals surface area contributed by atoms with Crippen molar-refractivity contribution < 1.29 is 13.9 Å². The van der Waals surface area contributed by atoms with Crippen molar-refractivity contribution in [1.29, 1.82) is 0 Å². The van der Waals surface area contributed by atoms with Gasteiger partial charge in [-0.15, -0.1) is 0 Å². The Hall–Kier alpha value is -2.97. The molecule has 0 unspecified atom stereocenters. The van der Waals surface area contributed by atoms with Gasteiger partial charge in [0.25, 0.3) is 5.56 Å². The SMILES string of the molecule is COc1cc(Cl)ccc1[C@H]1CN(c2nc(-c3ccncc3F)cc(=O)n2C)CCO1. The van der Waals surface area contributed by atoms with Crippen molar-refractivity contribution >= 4 is 17.5 Å². The first-order chi connectivity index (χ1) is 14.5. The molecular formula is C21H20ClFN4O3. The van der Waals surface area contributed by atoms with Crippen LogP contribution < -0.4 is 15.2 Å². The fraction of sp³-hybridized carbons (Fsp3) is 0.286. The number of pyridine rings is 1. The molecule has 4 rings (SSSR count). The zero-order chi connectivity index (χ0) is 21.3. The van der Waals surface area contributed by atoms with Gasteiger partial charge in [0.05, 0.1) is 32.2 Å². The highest BCUT2D eigenvalue weighted by Gasteiger charge is 2.27. The predicted octanol–water partition coefficient (Wildman–Crippen LogP) is 3.22. The summed E-state index contributed by atoms with van der Waals surface area (Å²) in [5, 5.41) is 0.569. The summed E-state index contributed by atoms with van der Waals surface area (Å²) in [7, 11) is 3.22. The smallest absolute Gasteiger partial charge is 0.255 e. The zero-order valence-electron chi connectivity index (χ0n) is 16.5. The highest BCUT2D eigenvalue weighted by atomic mass is 35.5. The summed E-state index contributed by atoms with van der Waals surface area (Å²) >= 11 is 6.07. The molecule has 1 aliphatic rings. The molecule has 0 bridgehead atoms. The topological polar surface area (TPSA) is 69.5 Å². The van der Waals surface area contributed by atoms with Crippen LogP contribution >= 0.6 is 11.6 Å². The van der Waals surface area contributed by atoms with E-state index in [1.807, 2.05) is 11.0 Å². The molecule has 1 aliphatic heterocycles. The lowest BCUT2D eigenvalue weighted by atomic mass is 10.1. The molecule has 0 aliphatic carbocycles. The average Bonchev–Trinajstić information content (AvgIpc) is 2.76. The van der Waals surface area contributed by atoms with E-state index < -0.39 is 5.82 Å². The van der Waals surface area contributed by atoms with E-state index in [0.29, 0.717) is 36.4 Å². The summed E-state index contributed by atoms with van der Waals surface area (Å²) in [5.74, 6) is 0.536. The number of methoxy groups -OCH3 is 1. The molecule has 0 radical (unpaired) electrons. The first-order valence-corrected chi connectivity index (χ1v) is 9.73. The van der Waals surface area contributed by atoms with Crippen molar-refractivity contribution in [3.05, 3.63) is 69.5 Å². The molecule has 9 heteroatoms. The van der Waals surface area contributed by atoms with Crippen molar-refractivity contribution in [2.75, 3.05) is 31.7 Å². The molecule has 0 saturated carbocycles. The molecule has 156 valence electrons. The molecule has 2 aromatic heterocycles. The molecule has 1 atom stereocenters. The van der Waals surface area contributed by atoms with E-state index in [4.69, 9.17) is 21.1 Å². The fourth-order valence-corrected chi connectivity index (χ4v) is 3.66. The lowest BCUT2D eigenvalue weighted by molar-refractivity contribution is 0.0374. The van der Waals surface area contributed by atoms with E-state index in [2.05, 4.69) is 9.97 Å². The lowest BCUT2D eigenvalue weighted by Crippen LogP contribution is -2.41. The predicted molar refractivity (Wildman–Crippen MR) is 112 cm³/mol. The number of nitrogens with zero attached hydrogens (tertiary/aromatic N) is 4. The molecule has 1 saturated heterocycles. The number of hydrogen-bond acceptors (Lipinski definition) is 6. The fourth-order valence-electron chi connectivity index (χ4n) is 3.50. The minimum absolute atomic E-state index is 0.230. The van der Waals surface area contributed by atoms with Gasteiger partial charge in [0.1, 0.15) is 11.9 Å². The van der Waals surface area contributed by atoms with Crippen LogP contribution in [0.3, 0.4) is 0 Å². The third-order valence-corrected chi connectivity index (χ3v) is 5.29. The van der Waals surface area contributed by atoms with Gasteiger partial charge >= 0.3 is 0 Å². The number of anilines is 1. The number of rotatable bonds is 4. The number of benzene rings is 1. The maximum Gasteiger partial charge on any atom is 0.255 e. The number of hydrogen-bond donors (Lipinski definition) is 0. The Balaban J connectivity index is 1.70. The van der Waals surface area contributed by atoms with Gasteiger partial charge in [0.2, 0.25) is 5.95 Å². The highest BCUT2D eigenvalue weighted by molar-refractivity contribution is 6.30. The molecule has 1 aromatic carbocycles. The number of morpholine rings is 1. The summed E-state index contributed by atoms with van der Waals surface area (Å²) in [5.41, 5.74) is 1.07. The van der Waals surface area contributed by atoms with Crippen LogP contribution in [0, 0.1) is 5.82 Å². The number of aromatic nitrogens is 3. The Kier molecular flexibility index (Phi) is 5.69. The summed E-state index contributed by atoms with van der Waals surface area (Å²) in [6.45, 7) is 1.41. The quantitative estimate of drug-likeness (QED) is 0.633. The van der Waals surface area contributed by atoms with Crippen molar-refractivity contribution in [1.82, 2.24) is 14.5 Å². The van der Waals surface area contributed by atoms with Gasteiger partial charge in [-0.2, -0.15) is 0 Å². The third kappa shape index (κ3) is 3.88. The second-order valence-electron chi connectivity index (χ2n) is 6.89. The summed E-state index contributed by atoms with van der Waals surface area (Å²) in [4.78, 5) is 22.9. The lowest BCUT2D eigenvalue weighted by Gasteiger charge is -2.35.